The van der Waals surface area contributed by atoms with Crippen molar-refractivity contribution in [1.29, 1.82) is 0 Å². The molecule has 19 heavy (non-hydrogen) atoms. The number of ether oxygens (including phenoxy) is 1. The van der Waals surface area contributed by atoms with Gasteiger partial charge in [0, 0.05) is 0 Å². The maximum atomic E-state index is 8.93. The zero-order valence-electron chi connectivity index (χ0n) is 9.84. The van der Waals surface area contributed by atoms with Gasteiger partial charge in [-0.25, -0.2) is 0 Å². The first-order valence-corrected chi connectivity index (χ1v) is 6.47. The molecule has 0 unspecified atom stereocenters. The number of aliphatic hydroxyl groups is 1. The van der Waals surface area contributed by atoms with E-state index in [9.17, 15) is 0 Å². The summed E-state index contributed by atoms with van der Waals surface area (Å²) in [6.07, 6.45) is 1.48. The SMILES string of the molecule is OCc1coc(Oc2ccc3ccccc3c2Br)n1. The van der Waals surface area contributed by atoms with Crippen LogP contribution in [-0.2, 0) is 6.61 Å². The van der Waals surface area contributed by atoms with Gasteiger partial charge in [0.2, 0.25) is 0 Å². The number of aromatic nitrogens is 1. The molecule has 1 heterocycles. The second kappa shape index (κ2) is 5.03. The van der Waals surface area contributed by atoms with Gasteiger partial charge in [-0.1, -0.05) is 30.3 Å². The highest BCUT2D eigenvalue weighted by Gasteiger charge is 2.10. The summed E-state index contributed by atoms with van der Waals surface area (Å²) >= 11 is 3.52. The van der Waals surface area contributed by atoms with E-state index >= 15 is 0 Å². The predicted molar refractivity (Wildman–Crippen MR) is 74.1 cm³/mol. The maximum Gasteiger partial charge on any atom is 0.399 e. The molecule has 0 amide bonds. The maximum absolute atomic E-state index is 8.93. The van der Waals surface area contributed by atoms with Crippen LogP contribution in [0.4, 0.5) is 0 Å². The number of nitrogens with zero attached hydrogens (tertiary/aromatic N) is 1. The van der Waals surface area contributed by atoms with Crippen molar-refractivity contribution in [3.8, 4) is 11.8 Å². The van der Waals surface area contributed by atoms with Gasteiger partial charge in [0.05, 0.1) is 11.1 Å². The molecular weight excluding hydrogens is 310 g/mol. The molecule has 0 saturated heterocycles. The summed E-state index contributed by atoms with van der Waals surface area (Å²) in [5.74, 6) is 0.616. The van der Waals surface area contributed by atoms with Crippen molar-refractivity contribution in [2.24, 2.45) is 0 Å². The molecule has 0 spiro atoms. The third-order valence-corrected chi connectivity index (χ3v) is 3.54. The lowest BCUT2D eigenvalue weighted by molar-refractivity contribution is 0.276. The molecule has 2 aromatic carbocycles. The quantitative estimate of drug-likeness (QED) is 0.796. The first-order chi connectivity index (χ1) is 9.28. The summed E-state index contributed by atoms with van der Waals surface area (Å²) in [5, 5.41) is 11.1. The molecule has 0 aliphatic rings. The van der Waals surface area contributed by atoms with Crippen LogP contribution in [0.5, 0.6) is 11.8 Å². The van der Waals surface area contributed by atoms with Crippen molar-refractivity contribution < 1.29 is 14.3 Å². The zero-order chi connectivity index (χ0) is 13.2. The Balaban J connectivity index is 1.98. The Morgan fingerprint density at radius 2 is 2.05 bits per heavy atom. The lowest BCUT2D eigenvalue weighted by atomic mass is 10.1. The predicted octanol–water partition coefficient (Wildman–Crippen LogP) is 3.87. The van der Waals surface area contributed by atoms with Crippen LogP contribution in [0.25, 0.3) is 10.8 Å². The zero-order valence-corrected chi connectivity index (χ0v) is 11.4. The normalized spacial score (nSPS) is 10.8. The van der Waals surface area contributed by atoms with Crippen LogP contribution >= 0.6 is 15.9 Å². The number of benzene rings is 2. The number of rotatable bonds is 3. The van der Waals surface area contributed by atoms with Gasteiger partial charge >= 0.3 is 6.08 Å². The molecule has 0 fully saturated rings. The lowest BCUT2D eigenvalue weighted by Crippen LogP contribution is -1.88. The van der Waals surface area contributed by atoms with Crippen LogP contribution in [-0.4, -0.2) is 10.1 Å². The smallest absolute Gasteiger partial charge is 0.399 e. The van der Waals surface area contributed by atoms with Crippen molar-refractivity contribution in [3.05, 3.63) is 52.8 Å². The number of halogens is 1. The second-order valence-electron chi connectivity index (χ2n) is 3.96. The molecule has 0 aliphatic heterocycles. The van der Waals surface area contributed by atoms with Gasteiger partial charge in [-0.3, -0.25) is 0 Å². The summed E-state index contributed by atoms with van der Waals surface area (Å²) in [7, 11) is 0. The van der Waals surface area contributed by atoms with E-state index in [4.69, 9.17) is 14.3 Å². The highest BCUT2D eigenvalue weighted by molar-refractivity contribution is 9.10. The molecule has 1 aromatic heterocycles. The summed E-state index contributed by atoms with van der Waals surface area (Å²) < 4.78 is 11.5. The van der Waals surface area contributed by atoms with E-state index in [0.717, 1.165) is 15.2 Å². The monoisotopic (exact) mass is 319 g/mol. The van der Waals surface area contributed by atoms with E-state index < -0.39 is 0 Å². The van der Waals surface area contributed by atoms with E-state index in [1.165, 1.54) is 6.26 Å². The van der Waals surface area contributed by atoms with E-state index in [0.29, 0.717) is 11.4 Å². The Morgan fingerprint density at radius 1 is 1.21 bits per heavy atom. The van der Waals surface area contributed by atoms with Gasteiger partial charge in [-0.05, 0) is 32.8 Å². The van der Waals surface area contributed by atoms with Crippen LogP contribution in [0.15, 0.2) is 51.6 Å². The highest BCUT2D eigenvalue weighted by Crippen LogP contribution is 2.35. The van der Waals surface area contributed by atoms with Gasteiger partial charge in [-0.15, -0.1) is 0 Å². The van der Waals surface area contributed by atoms with Crippen LogP contribution < -0.4 is 4.74 Å². The van der Waals surface area contributed by atoms with Crippen LogP contribution in [0.1, 0.15) is 5.69 Å². The molecule has 0 atom stereocenters. The topological polar surface area (TPSA) is 55.5 Å². The van der Waals surface area contributed by atoms with E-state index in [1.54, 1.807) is 0 Å². The number of hydrogen-bond donors (Lipinski definition) is 1. The fraction of sp³-hybridized carbons (Fsp3) is 0.0714. The van der Waals surface area contributed by atoms with Crippen LogP contribution in [0.3, 0.4) is 0 Å². The summed E-state index contributed by atoms with van der Waals surface area (Å²) in [6.45, 7) is -0.175. The van der Waals surface area contributed by atoms with E-state index in [1.807, 2.05) is 36.4 Å². The standard InChI is InChI=1S/C14H10BrNO3/c15-13-11-4-2-1-3-9(11)5-6-12(13)19-14-16-10(7-17)8-18-14/h1-6,8,17H,7H2. The Hall–Kier alpha value is -1.85. The van der Waals surface area contributed by atoms with E-state index in [-0.39, 0.29) is 12.7 Å². The molecular formula is C14H10BrNO3. The van der Waals surface area contributed by atoms with Crippen molar-refractivity contribution in [3.63, 3.8) is 0 Å². The second-order valence-corrected chi connectivity index (χ2v) is 4.76. The molecule has 5 heteroatoms. The Labute approximate surface area is 117 Å². The summed E-state index contributed by atoms with van der Waals surface area (Å²) in [4.78, 5) is 3.99. The summed E-state index contributed by atoms with van der Waals surface area (Å²) in [5.41, 5.74) is 0.437. The average Bonchev–Trinajstić information content (AvgIpc) is 2.90. The minimum Gasteiger partial charge on any atom is -0.417 e. The molecule has 3 aromatic rings. The molecule has 96 valence electrons. The first kappa shape index (κ1) is 12.2. The molecule has 3 rings (SSSR count). The van der Waals surface area contributed by atoms with Gasteiger partial charge < -0.3 is 14.3 Å². The third-order valence-electron chi connectivity index (χ3n) is 2.72. The van der Waals surface area contributed by atoms with E-state index in [2.05, 4.69) is 20.9 Å². The molecule has 0 saturated carbocycles. The van der Waals surface area contributed by atoms with Crippen molar-refractivity contribution in [2.75, 3.05) is 0 Å². The van der Waals surface area contributed by atoms with Crippen molar-refractivity contribution in [1.82, 2.24) is 4.98 Å². The van der Waals surface area contributed by atoms with Crippen molar-refractivity contribution in [2.45, 2.75) is 6.61 Å². The fourth-order valence-electron chi connectivity index (χ4n) is 1.79. The Morgan fingerprint density at radius 3 is 2.84 bits per heavy atom. The third kappa shape index (κ3) is 2.34. The fourth-order valence-corrected chi connectivity index (χ4v) is 2.37. The highest BCUT2D eigenvalue weighted by atomic mass is 79.9. The summed E-state index contributed by atoms with van der Waals surface area (Å²) in [6, 6.07) is 11.8. The number of hydrogen-bond acceptors (Lipinski definition) is 4. The van der Waals surface area contributed by atoms with Gasteiger partial charge in [0.25, 0.3) is 0 Å². The molecule has 4 nitrogen and oxygen atoms in total. The minimum absolute atomic E-state index is 0.111. The van der Waals surface area contributed by atoms with Gasteiger partial charge in [-0.2, -0.15) is 4.98 Å². The van der Waals surface area contributed by atoms with Crippen LogP contribution in [0.2, 0.25) is 0 Å². The molecule has 1 N–H and O–H groups in total. The number of oxazole rings is 1. The number of aliphatic hydroxyl groups excluding tert-OH is 1. The van der Waals surface area contributed by atoms with Crippen molar-refractivity contribution >= 4 is 26.7 Å². The Bertz CT molecular complexity index is 724. The first-order valence-electron chi connectivity index (χ1n) is 5.68. The molecule has 0 aliphatic carbocycles. The Kier molecular flexibility index (Phi) is 3.23. The number of fused-ring (bicyclic) bond motifs is 1. The lowest BCUT2D eigenvalue weighted by Gasteiger charge is -2.06. The van der Waals surface area contributed by atoms with Crippen LogP contribution in [0, 0.1) is 0 Å². The molecule has 0 radical (unpaired) electrons. The average molecular weight is 320 g/mol. The minimum atomic E-state index is -0.175. The van der Waals surface area contributed by atoms with Gasteiger partial charge in [0.1, 0.15) is 17.7 Å². The molecule has 0 bridgehead atoms. The largest absolute Gasteiger partial charge is 0.417 e. The van der Waals surface area contributed by atoms with Gasteiger partial charge in [0.15, 0.2) is 0 Å².